The first-order chi connectivity index (χ1) is 12.1. The van der Waals surface area contributed by atoms with Crippen molar-refractivity contribution in [1.29, 1.82) is 0 Å². The Labute approximate surface area is 146 Å². The molecule has 25 heavy (non-hydrogen) atoms. The summed E-state index contributed by atoms with van der Waals surface area (Å²) >= 11 is 0. The summed E-state index contributed by atoms with van der Waals surface area (Å²) < 4.78 is 5.15. The Kier molecular flexibility index (Phi) is 5.03. The normalized spacial score (nSPS) is 19.9. The molecule has 2 atom stereocenters. The highest BCUT2D eigenvalue weighted by molar-refractivity contribution is 5.87. The van der Waals surface area contributed by atoms with Gasteiger partial charge in [-0.25, -0.2) is 0 Å². The van der Waals surface area contributed by atoms with Gasteiger partial charge in [0.15, 0.2) is 0 Å². The molecule has 0 radical (unpaired) electrons. The van der Waals surface area contributed by atoms with Crippen molar-refractivity contribution in [2.24, 2.45) is 5.92 Å². The van der Waals surface area contributed by atoms with E-state index in [2.05, 4.69) is 0 Å². The van der Waals surface area contributed by atoms with Crippen LogP contribution in [0.25, 0.3) is 0 Å². The molecule has 1 aliphatic heterocycles. The average molecular weight is 339 g/mol. The van der Waals surface area contributed by atoms with E-state index in [1.165, 1.54) is 0 Å². The predicted octanol–water partition coefficient (Wildman–Crippen LogP) is 2.91. The number of carboxylic acids is 1. The maximum Gasteiger partial charge on any atom is 0.309 e. The van der Waals surface area contributed by atoms with Gasteiger partial charge in [-0.1, -0.05) is 42.5 Å². The lowest BCUT2D eigenvalue weighted by molar-refractivity contribution is -0.142. The van der Waals surface area contributed by atoms with E-state index in [0.29, 0.717) is 13.0 Å². The minimum Gasteiger partial charge on any atom is -0.497 e. The van der Waals surface area contributed by atoms with Crippen LogP contribution in [-0.4, -0.2) is 35.5 Å². The number of carboxylic acid groups (broad SMARTS) is 1. The van der Waals surface area contributed by atoms with E-state index >= 15 is 0 Å². The van der Waals surface area contributed by atoms with Crippen LogP contribution in [0, 0.1) is 5.92 Å². The summed E-state index contributed by atoms with van der Waals surface area (Å²) in [6.45, 7) is 0.495. The number of likely N-dealkylation sites (tertiary alicyclic amines) is 1. The highest BCUT2D eigenvalue weighted by Crippen LogP contribution is 2.38. The number of benzene rings is 2. The maximum absolute atomic E-state index is 12.4. The molecule has 2 aromatic rings. The van der Waals surface area contributed by atoms with E-state index in [4.69, 9.17) is 4.74 Å². The number of ether oxygens (including phenoxy) is 1. The maximum atomic E-state index is 12.4. The van der Waals surface area contributed by atoms with E-state index in [1.54, 1.807) is 12.0 Å². The molecule has 5 heteroatoms. The van der Waals surface area contributed by atoms with E-state index in [0.717, 1.165) is 16.9 Å². The number of carbonyl (C=O) groups excluding carboxylic acids is 1. The quantitative estimate of drug-likeness (QED) is 0.879. The number of rotatable bonds is 6. The smallest absolute Gasteiger partial charge is 0.309 e. The molecular weight excluding hydrogens is 318 g/mol. The molecule has 0 aromatic heterocycles. The van der Waals surface area contributed by atoms with Gasteiger partial charge in [0.1, 0.15) is 5.75 Å². The molecule has 1 saturated heterocycles. The van der Waals surface area contributed by atoms with Gasteiger partial charge in [0.25, 0.3) is 0 Å². The molecule has 1 aliphatic rings. The molecule has 3 rings (SSSR count). The summed E-state index contributed by atoms with van der Waals surface area (Å²) in [5.74, 6) is -0.941. The Morgan fingerprint density at radius 3 is 2.44 bits per heavy atom. The molecule has 0 saturated carbocycles. The third kappa shape index (κ3) is 3.65. The number of amides is 1. The molecule has 5 nitrogen and oxygen atoms in total. The summed E-state index contributed by atoms with van der Waals surface area (Å²) in [5.41, 5.74) is 1.95. The Hall–Kier alpha value is -2.82. The van der Waals surface area contributed by atoms with E-state index in [9.17, 15) is 14.7 Å². The molecule has 0 bridgehead atoms. The van der Waals surface area contributed by atoms with Crippen molar-refractivity contribution in [2.45, 2.75) is 18.9 Å². The first-order valence-electron chi connectivity index (χ1n) is 8.30. The van der Waals surface area contributed by atoms with Crippen LogP contribution in [0.2, 0.25) is 0 Å². The molecule has 1 heterocycles. The standard InChI is InChI=1S/C20H21NO4/c1-25-16-9-7-14(8-10-16)11-12-21-18(22)13-17(20(23)24)19(21)15-5-3-2-4-6-15/h2-10,17,19H,11-13H2,1H3,(H,23,24)/t17-,19+/m1/s1. The first kappa shape index (κ1) is 17.0. The number of hydrogen-bond acceptors (Lipinski definition) is 3. The van der Waals surface area contributed by atoms with Gasteiger partial charge in [-0.3, -0.25) is 9.59 Å². The minimum atomic E-state index is -0.922. The van der Waals surface area contributed by atoms with Gasteiger partial charge in [0.05, 0.1) is 19.1 Å². The first-order valence-corrected chi connectivity index (χ1v) is 8.30. The largest absolute Gasteiger partial charge is 0.497 e. The summed E-state index contributed by atoms with van der Waals surface area (Å²) in [7, 11) is 1.62. The average Bonchev–Trinajstić information content (AvgIpc) is 2.98. The summed E-state index contributed by atoms with van der Waals surface area (Å²) in [6.07, 6.45) is 0.725. The van der Waals surface area contributed by atoms with Crippen LogP contribution in [0.4, 0.5) is 0 Å². The highest BCUT2D eigenvalue weighted by Gasteiger charge is 2.44. The van der Waals surface area contributed by atoms with Gasteiger partial charge in [-0.05, 0) is 29.7 Å². The van der Waals surface area contributed by atoms with E-state index < -0.39 is 17.9 Å². The number of carbonyl (C=O) groups is 2. The monoisotopic (exact) mass is 339 g/mol. The summed E-state index contributed by atoms with van der Waals surface area (Å²) in [5, 5.41) is 9.53. The van der Waals surface area contributed by atoms with Gasteiger partial charge in [-0.2, -0.15) is 0 Å². The fourth-order valence-electron chi connectivity index (χ4n) is 3.38. The topological polar surface area (TPSA) is 66.8 Å². The molecule has 0 aliphatic carbocycles. The number of aliphatic carboxylic acids is 1. The molecule has 1 fully saturated rings. The van der Waals surface area contributed by atoms with Gasteiger partial charge >= 0.3 is 5.97 Å². The second kappa shape index (κ2) is 7.38. The van der Waals surface area contributed by atoms with Gasteiger partial charge in [0, 0.05) is 13.0 Å². The molecule has 2 aromatic carbocycles. The van der Waals surface area contributed by atoms with Crippen molar-refractivity contribution in [1.82, 2.24) is 4.90 Å². The fourth-order valence-corrected chi connectivity index (χ4v) is 3.38. The Bertz CT molecular complexity index is 742. The van der Waals surface area contributed by atoms with Crippen LogP contribution in [0.15, 0.2) is 54.6 Å². The molecular formula is C20H21NO4. The van der Waals surface area contributed by atoms with Crippen molar-refractivity contribution in [3.8, 4) is 5.75 Å². The van der Waals surface area contributed by atoms with E-state index in [1.807, 2.05) is 54.6 Å². The number of methoxy groups -OCH3 is 1. The minimum absolute atomic E-state index is 0.0531. The Morgan fingerprint density at radius 2 is 1.84 bits per heavy atom. The SMILES string of the molecule is COc1ccc(CCN2C(=O)C[C@@H](C(=O)O)[C@@H]2c2ccccc2)cc1. The summed E-state index contributed by atoms with van der Waals surface area (Å²) in [6, 6.07) is 16.7. The zero-order chi connectivity index (χ0) is 17.8. The Balaban J connectivity index is 1.79. The number of hydrogen-bond donors (Lipinski definition) is 1. The van der Waals surface area contributed by atoms with Crippen LogP contribution in [0.3, 0.4) is 0 Å². The third-order valence-electron chi connectivity index (χ3n) is 4.69. The zero-order valence-electron chi connectivity index (χ0n) is 14.1. The molecule has 0 unspecified atom stereocenters. The second-order valence-electron chi connectivity index (χ2n) is 6.19. The fraction of sp³-hybridized carbons (Fsp3) is 0.300. The van der Waals surface area contributed by atoms with E-state index in [-0.39, 0.29) is 12.3 Å². The van der Waals surface area contributed by atoms with Crippen LogP contribution in [0.5, 0.6) is 5.75 Å². The van der Waals surface area contributed by atoms with Crippen molar-refractivity contribution >= 4 is 11.9 Å². The Morgan fingerprint density at radius 1 is 1.16 bits per heavy atom. The van der Waals surface area contributed by atoms with Crippen LogP contribution >= 0.6 is 0 Å². The molecule has 1 amide bonds. The zero-order valence-corrected chi connectivity index (χ0v) is 14.1. The van der Waals surface area contributed by atoms with Gasteiger partial charge in [0.2, 0.25) is 5.91 Å². The second-order valence-corrected chi connectivity index (χ2v) is 6.19. The van der Waals surface area contributed by atoms with Crippen molar-refractivity contribution < 1.29 is 19.4 Å². The summed E-state index contributed by atoms with van der Waals surface area (Å²) in [4.78, 5) is 25.8. The van der Waals surface area contributed by atoms with Gasteiger partial charge in [-0.15, -0.1) is 0 Å². The molecule has 1 N–H and O–H groups in total. The molecule has 0 spiro atoms. The van der Waals surface area contributed by atoms with Crippen molar-refractivity contribution in [3.05, 3.63) is 65.7 Å². The lowest BCUT2D eigenvalue weighted by Crippen LogP contribution is -2.32. The number of nitrogens with zero attached hydrogens (tertiary/aromatic N) is 1. The predicted molar refractivity (Wildman–Crippen MR) is 93.3 cm³/mol. The van der Waals surface area contributed by atoms with Crippen LogP contribution in [0.1, 0.15) is 23.6 Å². The highest BCUT2D eigenvalue weighted by atomic mass is 16.5. The van der Waals surface area contributed by atoms with Crippen molar-refractivity contribution in [2.75, 3.05) is 13.7 Å². The lowest BCUT2D eigenvalue weighted by atomic mass is 9.93. The van der Waals surface area contributed by atoms with Gasteiger partial charge < -0.3 is 14.7 Å². The lowest BCUT2D eigenvalue weighted by Gasteiger charge is -2.27. The van der Waals surface area contributed by atoms with Crippen molar-refractivity contribution in [3.63, 3.8) is 0 Å². The third-order valence-corrected chi connectivity index (χ3v) is 4.69. The van der Waals surface area contributed by atoms with Crippen LogP contribution in [-0.2, 0) is 16.0 Å². The molecule has 130 valence electrons. The van der Waals surface area contributed by atoms with Crippen LogP contribution < -0.4 is 4.74 Å².